The van der Waals surface area contributed by atoms with Crippen molar-refractivity contribution in [2.45, 2.75) is 63.5 Å². The number of benzene rings is 1. The van der Waals surface area contributed by atoms with Gasteiger partial charge in [-0.1, -0.05) is 12.7 Å². The lowest BCUT2D eigenvalue weighted by Crippen LogP contribution is -2.54. The molecule has 2 unspecified atom stereocenters. The molecule has 26 nitrogen and oxygen atoms in total. The minimum Gasteiger partial charge on any atom is -0.493 e. The molecule has 1 aromatic carbocycles. The zero-order valence-corrected chi connectivity index (χ0v) is 47.1. The van der Waals surface area contributed by atoms with Gasteiger partial charge in [-0.15, -0.1) is 0 Å². The second-order valence-electron chi connectivity index (χ2n) is 20.2. The smallest absolute Gasteiger partial charge is 0.416 e. The molecule has 7 amide bonds. The molecular formula is C57H66N12O14. The molecule has 26 heteroatoms. The fraction of sp³-hybridized carbons (Fsp3) is 0.368. The Morgan fingerprint density at radius 3 is 1.63 bits per heavy atom. The molecule has 3 aliphatic rings. The second-order valence-corrected chi connectivity index (χ2v) is 20.2. The Hall–Kier alpha value is -9.56. The summed E-state index contributed by atoms with van der Waals surface area (Å²) in [6, 6.07) is 10.1. The summed E-state index contributed by atoms with van der Waals surface area (Å²) in [4.78, 5) is 110. The first-order valence-corrected chi connectivity index (χ1v) is 26.8. The lowest BCUT2D eigenvalue weighted by atomic mass is 10.1. The van der Waals surface area contributed by atoms with Gasteiger partial charge in [0, 0.05) is 91.9 Å². The third-order valence-electron chi connectivity index (χ3n) is 14.3. The standard InChI is InChI=1S/C57H66N12O14/c1-9-18-82-57(77)69-40-27-47(46(78-7)26-38(40)54(75)68-17-12-14-39(68)55(69)83-49-16-10-11-19-81-49)80-20-13-15-48(70)58-33-21-41(63(2)28-33)50(71)59-34-22-42(64(3)29-34)51(72)60-35-23-43(65(4)30-35)52(73)61-36-24-44(66(5)31-36)53(74)62-37-25-45(56(76)79-8)67(6)32-37/h9,21-32,39,49,55H,1,10-20H2,2-8H3,(H,58,70)(H,59,71)(H,60,72)(H,61,73)(H,62,74)/t39-,49?,55?/m0/s1. The number of nitrogens with zero attached hydrogens (tertiary/aromatic N) is 7. The van der Waals surface area contributed by atoms with Crippen molar-refractivity contribution in [2.75, 3.05) is 72.1 Å². The lowest BCUT2D eigenvalue weighted by Gasteiger charge is -2.38. The maximum absolute atomic E-state index is 14.2. The van der Waals surface area contributed by atoms with Crippen LogP contribution in [0.4, 0.5) is 38.9 Å². The molecular weight excluding hydrogens is 1080 g/mol. The number of anilines is 6. The minimum atomic E-state index is -0.927. The van der Waals surface area contributed by atoms with Gasteiger partial charge in [-0.05, 0) is 74.9 Å². The van der Waals surface area contributed by atoms with Crippen molar-refractivity contribution in [3.8, 4) is 11.5 Å². The first-order chi connectivity index (χ1) is 39.8. The van der Waals surface area contributed by atoms with Gasteiger partial charge in [0.05, 0.1) is 66.6 Å². The molecule has 0 aliphatic carbocycles. The summed E-state index contributed by atoms with van der Waals surface area (Å²) >= 11 is 0. The maximum atomic E-state index is 14.2. The van der Waals surface area contributed by atoms with Crippen LogP contribution in [-0.4, -0.2) is 134 Å². The van der Waals surface area contributed by atoms with E-state index in [1.807, 2.05) is 0 Å². The lowest BCUT2D eigenvalue weighted by molar-refractivity contribution is -0.195. The number of aromatic nitrogens is 5. The van der Waals surface area contributed by atoms with Crippen LogP contribution in [0.2, 0.25) is 0 Å². The van der Waals surface area contributed by atoms with E-state index in [9.17, 15) is 38.4 Å². The predicted molar refractivity (Wildman–Crippen MR) is 303 cm³/mol. The van der Waals surface area contributed by atoms with E-state index in [1.54, 1.807) is 87.8 Å². The normalized spacial score (nSPS) is 16.5. The van der Waals surface area contributed by atoms with Crippen LogP contribution < -0.4 is 41.0 Å². The van der Waals surface area contributed by atoms with Crippen molar-refractivity contribution in [2.24, 2.45) is 35.2 Å². The van der Waals surface area contributed by atoms with Crippen molar-refractivity contribution < 1.29 is 66.8 Å². The fourth-order valence-electron chi connectivity index (χ4n) is 10.3. The van der Waals surface area contributed by atoms with Gasteiger partial charge in [-0.2, -0.15) is 0 Å². The molecule has 0 saturated carbocycles. The van der Waals surface area contributed by atoms with Gasteiger partial charge in [0.25, 0.3) is 29.5 Å². The molecule has 9 rings (SSSR count). The molecule has 8 heterocycles. The monoisotopic (exact) mass is 1140 g/mol. The number of carbonyl (C=O) groups is 8. The zero-order chi connectivity index (χ0) is 59.2. The molecule has 83 heavy (non-hydrogen) atoms. The number of aryl methyl sites for hydroxylation is 5. The summed E-state index contributed by atoms with van der Waals surface area (Å²) in [6.07, 6.45) is 11.1. The quantitative estimate of drug-likeness (QED) is 0.0306. The molecule has 5 aromatic heterocycles. The number of nitrogens with one attached hydrogen (secondary N) is 5. The van der Waals surface area contributed by atoms with Gasteiger partial charge in [0.2, 0.25) is 5.91 Å². The van der Waals surface area contributed by atoms with Crippen LogP contribution in [0.3, 0.4) is 0 Å². The molecule has 5 N–H and O–H groups in total. The Balaban J connectivity index is 0.776. The Bertz CT molecular complexity index is 3500. The third-order valence-corrected chi connectivity index (χ3v) is 14.3. The van der Waals surface area contributed by atoms with Crippen molar-refractivity contribution in [1.82, 2.24) is 27.7 Å². The number of hydrogen-bond donors (Lipinski definition) is 5. The van der Waals surface area contributed by atoms with Gasteiger partial charge in [0.1, 0.15) is 35.1 Å². The highest BCUT2D eigenvalue weighted by atomic mass is 16.7. The van der Waals surface area contributed by atoms with Crippen molar-refractivity contribution in [1.29, 1.82) is 0 Å². The van der Waals surface area contributed by atoms with Gasteiger partial charge >= 0.3 is 12.1 Å². The average molecular weight is 1140 g/mol. The Morgan fingerprint density at radius 2 is 1.14 bits per heavy atom. The molecule has 438 valence electrons. The van der Waals surface area contributed by atoms with Gasteiger partial charge < -0.3 is 82.7 Å². The number of carbonyl (C=O) groups excluding carboxylic acids is 8. The molecule has 3 aliphatic heterocycles. The zero-order valence-electron chi connectivity index (χ0n) is 47.1. The Kier molecular flexibility index (Phi) is 17.5. The largest absolute Gasteiger partial charge is 0.493 e. The maximum Gasteiger partial charge on any atom is 0.416 e. The number of esters is 1. The van der Waals surface area contributed by atoms with E-state index in [0.717, 1.165) is 19.3 Å². The summed E-state index contributed by atoms with van der Waals surface area (Å²) in [5.41, 5.74) is 3.20. The van der Waals surface area contributed by atoms with Crippen LogP contribution in [0.25, 0.3) is 0 Å². The number of ether oxygens (including phenoxy) is 6. The van der Waals surface area contributed by atoms with E-state index in [0.29, 0.717) is 54.4 Å². The summed E-state index contributed by atoms with van der Waals surface area (Å²) in [7, 11) is 10.9. The third kappa shape index (κ3) is 12.8. The average Bonchev–Trinajstić information content (AvgIpc) is 3.00. The highest BCUT2D eigenvalue weighted by Gasteiger charge is 2.48. The van der Waals surface area contributed by atoms with E-state index >= 15 is 0 Å². The number of amides is 7. The topological polar surface area (TPSA) is 283 Å². The van der Waals surface area contributed by atoms with Crippen molar-refractivity contribution in [3.05, 3.63) is 120 Å². The van der Waals surface area contributed by atoms with Gasteiger partial charge in [-0.25, -0.2) is 14.5 Å². The summed E-state index contributed by atoms with van der Waals surface area (Å²) < 4.78 is 42.4. The van der Waals surface area contributed by atoms with Crippen LogP contribution in [0.15, 0.2) is 86.1 Å². The first-order valence-electron chi connectivity index (χ1n) is 26.8. The molecule has 3 atom stereocenters. The Morgan fingerprint density at radius 1 is 0.639 bits per heavy atom. The first kappa shape index (κ1) is 58.1. The number of hydrogen-bond acceptors (Lipinski definition) is 14. The van der Waals surface area contributed by atoms with E-state index in [1.165, 1.54) is 73.8 Å². The van der Waals surface area contributed by atoms with Crippen molar-refractivity contribution in [3.63, 3.8) is 0 Å². The molecule has 0 bridgehead atoms. The minimum absolute atomic E-state index is 0.0259. The van der Waals surface area contributed by atoms with E-state index in [-0.39, 0.29) is 89.1 Å². The highest BCUT2D eigenvalue weighted by molar-refractivity contribution is 6.10. The molecule has 2 saturated heterocycles. The van der Waals surface area contributed by atoms with Gasteiger partial charge in [0.15, 0.2) is 24.0 Å². The predicted octanol–water partition coefficient (Wildman–Crippen LogP) is 6.60. The van der Waals surface area contributed by atoms with Crippen LogP contribution in [-0.2, 0) is 59.0 Å². The van der Waals surface area contributed by atoms with Crippen LogP contribution in [0.5, 0.6) is 11.5 Å². The van der Waals surface area contributed by atoms with E-state index in [2.05, 4.69) is 33.2 Å². The number of rotatable bonds is 20. The van der Waals surface area contributed by atoms with Crippen LogP contribution in [0, 0.1) is 0 Å². The highest BCUT2D eigenvalue weighted by Crippen LogP contribution is 2.43. The molecule has 6 aromatic rings. The summed E-state index contributed by atoms with van der Waals surface area (Å²) in [6.45, 7) is 4.64. The Labute approximate surface area is 477 Å². The number of fused-ring (bicyclic) bond motifs is 2. The van der Waals surface area contributed by atoms with Gasteiger partial charge in [-0.3, -0.25) is 28.8 Å². The SMILES string of the molecule is C=CCOC(=O)N1c2cc(OCCCC(=O)Nc3cc(C(=O)Nc4cc(C(=O)Nc5cc(C(=O)Nc6cc(C(=O)Nc7cc(C(=O)OC)n(C)c7)n(C)c6)n(C)c5)n(C)c4)n(C)c3)c(OC)cc2C(=O)N2CCC[C@H]2C1OC1CCCCO1. The van der Waals surface area contributed by atoms with E-state index < -0.39 is 54.3 Å². The summed E-state index contributed by atoms with van der Waals surface area (Å²) in [5.74, 6) is -2.77. The molecule has 0 spiro atoms. The fourth-order valence-corrected chi connectivity index (χ4v) is 10.3. The van der Waals surface area contributed by atoms with Crippen LogP contribution >= 0.6 is 0 Å². The number of methoxy groups -OCH3 is 2. The van der Waals surface area contributed by atoms with Crippen LogP contribution in [0.1, 0.15) is 108 Å². The molecule has 2 fully saturated rings. The van der Waals surface area contributed by atoms with E-state index in [4.69, 9.17) is 28.4 Å². The summed E-state index contributed by atoms with van der Waals surface area (Å²) in [5, 5.41) is 13.9. The second kappa shape index (κ2) is 25.1. The molecule has 0 radical (unpaired) electrons. The van der Waals surface area contributed by atoms with Crippen molar-refractivity contribution >= 4 is 81.6 Å².